The quantitative estimate of drug-likeness (QED) is 0.832. The number of hydrogen-bond donors (Lipinski definition) is 0. The average molecular weight is 268 g/mol. The Hall–Kier alpha value is -1.76. The minimum atomic E-state index is 0.143. The molecule has 2 aromatic rings. The normalized spacial score (nSPS) is 10.9. The summed E-state index contributed by atoms with van der Waals surface area (Å²) in [6.07, 6.45) is 2.93. The van der Waals surface area contributed by atoms with Crippen LogP contribution in [0.25, 0.3) is 5.95 Å². The summed E-state index contributed by atoms with van der Waals surface area (Å²) in [5.41, 5.74) is 0. The Bertz CT molecular complexity index is 511. The van der Waals surface area contributed by atoms with Crippen molar-refractivity contribution in [2.45, 2.75) is 26.8 Å². The predicted octanol–water partition coefficient (Wildman–Crippen LogP) is 1.34. The summed E-state index contributed by atoms with van der Waals surface area (Å²) in [7, 11) is 0. The monoisotopic (exact) mass is 267 g/mol. The molecule has 0 aliphatic carbocycles. The first-order valence-corrected chi connectivity index (χ1v) is 6.02. The molecule has 2 rings (SSSR count). The molecular weight excluding hydrogens is 254 g/mol. The second-order valence-corrected chi connectivity index (χ2v) is 4.26. The Morgan fingerprint density at radius 3 is 2.67 bits per heavy atom. The van der Waals surface area contributed by atoms with Gasteiger partial charge in [-0.2, -0.15) is 24.7 Å². The van der Waals surface area contributed by atoms with Crippen molar-refractivity contribution in [3.63, 3.8) is 0 Å². The van der Waals surface area contributed by atoms with Crippen LogP contribution in [0.15, 0.2) is 12.7 Å². The number of aromatic nitrogens is 6. The number of nitrogens with zero attached hydrogens (tertiary/aromatic N) is 7. The van der Waals surface area contributed by atoms with Crippen LogP contribution in [0.3, 0.4) is 0 Å². The molecule has 8 heteroatoms. The van der Waals surface area contributed by atoms with E-state index in [-0.39, 0.29) is 11.3 Å². The van der Waals surface area contributed by atoms with Gasteiger partial charge in [0.05, 0.1) is 0 Å². The molecule has 0 N–H and O–H groups in total. The molecular formula is C10H14ClN7. The lowest BCUT2D eigenvalue weighted by atomic mass is 10.3. The zero-order valence-corrected chi connectivity index (χ0v) is 11.2. The lowest BCUT2D eigenvalue weighted by molar-refractivity contribution is 0.670. The largest absolute Gasteiger partial charge is 0.338 e. The van der Waals surface area contributed by atoms with E-state index in [1.54, 1.807) is 0 Å². The number of hydrogen-bond acceptors (Lipinski definition) is 6. The first-order chi connectivity index (χ1) is 8.61. The van der Waals surface area contributed by atoms with Crippen molar-refractivity contribution in [3.05, 3.63) is 17.9 Å². The molecule has 0 aromatic carbocycles. The molecule has 96 valence electrons. The standard InChI is InChI=1S/C10H14ClN7/c1-4-17(7(2)3)9-14-8(11)15-10(16-9)18-6-12-5-13-18/h5-7H,4H2,1-3H3. The molecule has 7 nitrogen and oxygen atoms in total. The van der Waals surface area contributed by atoms with E-state index in [1.807, 2.05) is 11.8 Å². The molecule has 2 aromatic heterocycles. The highest BCUT2D eigenvalue weighted by Crippen LogP contribution is 2.14. The van der Waals surface area contributed by atoms with Crippen molar-refractivity contribution in [2.24, 2.45) is 0 Å². The van der Waals surface area contributed by atoms with Crippen molar-refractivity contribution in [1.82, 2.24) is 29.7 Å². The third-order valence-corrected chi connectivity index (χ3v) is 2.60. The van der Waals surface area contributed by atoms with Crippen LogP contribution in [-0.2, 0) is 0 Å². The third kappa shape index (κ3) is 2.56. The number of anilines is 1. The molecule has 0 saturated heterocycles. The fourth-order valence-corrected chi connectivity index (χ4v) is 1.76. The van der Waals surface area contributed by atoms with E-state index in [4.69, 9.17) is 11.6 Å². The van der Waals surface area contributed by atoms with Gasteiger partial charge in [-0.05, 0) is 32.4 Å². The van der Waals surface area contributed by atoms with Crippen molar-refractivity contribution in [1.29, 1.82) is 0 Å². The maximum atomic E-state index is 5.92. The highest BCUT2D eigenvalue weighted by Gasteiger charge is 2.15. The first-order valence-electron chi connectivity index (χ1n) is 5.65. The Labute approximate surface area is 110 Å². The van der Waals surface area contributed by atoms with Gasteiger partial charge in [0.2, 0.25) is 11.2 Å². The fourth-order valence-electron chi connectivity index (χ4n) is 1.61. The van der Waals surface area contributed by atoms with Crippen LogP contribution < -0.4 is 4.90 Å². The SMILES string of the molecule is CCN(c1nc(Cl)nc(-n2cncn2)n1)C(C)C. The Morgan fingerprint density at radius 2 is 2.11 bits per heavy atom. The van der Waals surface area contributed by atoms with Gasteiger partial charge in [-0.25, -0.2) is 4.98 Å². The smallest absolute Gasteiger partial charge is 0.258 e. The highest BCUT2D eigenvalue weighted by atomic mass is 35.5. The second-order valence-electron chi connectivity index (χ2n) is 3.92. The lowest BCUT2D eigenvalue weighted by Gasteiger charge is -2.24. The summed E-state index contributed by atoms with van der Waals surface area (Å²) in [6.45, 7) is 6.95. The van der Waals surface area contributed by atoms with E-state index in [0.29, 0.717) is 11.9 Å². The van der Waals surface area contributed by atoms with Crippen LogP contribution in [0.2, 0.25) is 5.28 Å². The summed E-state index contributed by atoms with van der Waals surface area (Å²) in [6, 6.07) is 0.275. The van der Waals surface area contributed by atoms with Gasteiger partial charge in [0.1, 0.15) is 12.7 Å². The molecule has 0 aliphatic rings. The van der Waals surface area contributed by atoms with Gasteiger partial charge >= 0.3 is 0 Å². The summed E-state index contributed by atoms with van der Waals surface area (Å²) in [5, 5.41) is 4.12. The molecule has 18 heavy (non-hydrogen) atoms. The van der Waals surface area contributed by atoms with Crippen molar-refractivity contribution in [3.8, 4) is 5.95 Å². The minimum Gasteiger partial charge on any atom is -0.338 e. The highest BCUT2D eigenvalue weighted by molar-refractivity contribution is 6.28. The Balaban J connectivity index is 2.44. The molecule has 0 saturated carbocycles. The van der Waals surface area contributed by atoms with Gasteiger partial charge in [-0.3, -0.25) is 0 Å². The second kappa shape index (κ2) is 5.26. The summed E-state index contributed by atoms with van der Waals surface area (Å²) >= 11 is 5.92. The predicted molar refractivity (Wildman–Crippen MR) is 67.9 cm³/mol. The lowest BCUT2D eigenvalue weighted by Crippen LogP contribution is -2.32. The van der Waals surface area contributed by atoms with Crippen LogP contribution in [0.1, 0.15) is 20.8 Å². The molecule has 0 fully saturated rings. The molecule has 0 unspecified atom stereocenters. The van der Waals surface area contributed by atoms with Crippen LogP contribution in [0.5, 0.6) is 0 Å². The van der Waals surface area contributed by atoms with Gasteiger partial charge in [0.15, 0.2) is 0 Å². The number of halogens is 1. The molecule has 0 atom stereocenters. The van der Waals surface area contributed by atoms with Crippen LogP contribution in [-0.4, -0.2) is 42.3 Å². The molecule has 0 radical (unpaired) electrons. The molecule has 0 bridgehead atoms. The van der Waals surface area contributed by atoms with E-state index in [0.717, 1.165) is 6.54 Å². The molecule has 0 aliphatic heterocycles. The Kier molecular flexibility index (Phi) is 3.71. The van der Waals surface area contributed by atoms with Gasteiger partial charge in [0.25, 0.3) is 5.95 Å². The zero-order chi connectivity index (χ0) is 13.1. The van der Waals surface area contributed by atoms with E-state index in [1.165, 1.54) is 17.3 Å². The zero-order valence-electron chi connectivity index (χ0n) is 10.4. The average Bonchev–Trinajstić information content (AvgIpc) is 2.82. The first kappa shape index (κ1) is 12.7. The van der Waals surface area contributed by atoms with Gasteiger partial charge in [0, 0.05) is 12.6 Å². The van der Waals surface area contributed by atoms with Crippen molar-refractivity contribution < 1.29 is 0 Å². The third-order valence-electron chi connectivity index (χ3n) is 2.43. The van der Waals surface area contributed by atoms with Gasteiger partial charge in [-0.15, -0.1) is 0 Å². The van der Waals surface area contributed by atoms with Crippen LogP contribution in [0, 0.1) is 0 Å². The van der Waals surface area contributed by atoms with Crippen LogP contribution in [0.4, 0.5) is 5.95 Å². The van der Waals surface area contributed by atoms with Crippen molar-refractivity contribution in [2.75, 3.05) is 11.4 Å². The van der Waals surface area contributed by atoms with E-state index < -0.39 is 0 Å². The number of rotatable bonds is 4. The van der Waals surface area contributed by atoms with Crippen molar-refractivity contribution >= 4 is 17.5 Å². The maximum Gasteiger partial charge on any atom is 0.258 e. The van der Waals surface area contributed by atoms with E-state index in [9.17, 15) is 0 Å². The van der Waals surface area contributed by atoms with Gasteiger partial charge < -0.3 is 4.90 Å². The molecule has 0 spiro atoms. The fraction of sp³-hybridized carbons (Fsp3) is 0.500. The molecule has 2 heterocycles. The van der Waals surface area contributed by atoms with Gasteiger partial charge in [-0.1, -0.05) is 0 Å². The van der Waals surface area contributed by atoms with E-state index in [2.05, 4.69) is 38.9 Å². The minimum absolute atomic E-state index is 0.143. The van der Waals surface area contributed by atoms with Crippen LogP contribution >= 0.6 is 11.6 Å². The van der Waals surface area contributed by atoms with E-state index >= 15 is 0 Å². The topological polar surface area (TPSA) is 72.6 Å². The maximum absolute atomic E-state index is 5.92. The summed E-state index contributed by atoms with van der Waals surface area (Å²) in [5.74, 6) is 0.902. The Morgan fingerprint density at radius 1 is 1.33 bits per heavy atom. The molecule has 0 amide bonds. The summed E-state index contributed by atoms with van der Waals surface area (Å²) in [4.78, 5) is 18.4. The summed E-state index contributed by atoms with van der Waals surface area (Å²) < 4.78 is 1.45.